The van der Waals surface area contributed by atoms with Gasteiger partial charge in [-0.15, -0.1) is 16.4 Å². The zero-order chi connectivity index (χ0) is 20.7. The number of allylic oxidation sites excluding steroid dienone is 2. The van der Waals surface area contributed by atoms with Gasteiger partial charge in [0.1, 0.15) is 6.04 Å². The number of ketones is 1. The summed E-state index contributed by atoms with van der Waals surface area (Å²) in [5.41, 5.74) is 3.03. The standard InChI is InChI=1S/C21H18N4O3S2/c26-15-4-1-3-14-17(15)18(16-5-2-10-29-16)25-20(22-14)23-21(24-25)30-11-12-6-8-13(9-7-12)19(27)28/h2,5-10,18H,1,3-4,11H2,(H,27,28)(H,22,23,24)/t18-/m1/s1. The van der Waals surface area contributed by atoms with Gasteiger partial charge in [-0.1, -0.05) is 30.0 Å². The molecule has 2 N–H and O–H groups in total. The highest BCUT2D eigenvalue weighted by atomic mass is 32.2. The molecule has 30 heavy (non-hydrogen) atoms. The molecule has 0 radical (unpaired) electrons. The first-order chi connectivity index (χ1) is 14.6. The second-order valence-corrected chi connectivity index (χ2v) is 9.09. The molecule has 0 fully saturated rings. The van der Waals surface area contributed by atoms with Crippen LogP contribution in [-0.4, -0.2) is 31.6 Å². The maximum Gasteiger partial charge on any atom is 0.335 e. The summed E-state index contributed by atoms with van der Waals surface area (Å²) in [5.74, 6) is 0.523. The average Bonchev–Trinajstić information content (AvgIpc) is 3.41. The number of anilines is 1. The SMILES string of the molecule is O=C1CCCC2=C1[C@@H](c1cccs1)n1nc(SCc3ccc(C(=O)O)cc3)nc1N2. The number of carbonyl (C=O) groups is 2. The number of benzene rings is 1. The number of nitrogens with zero attached hydrogens (tertiary/aromatic N) is 3. The minimum atomic E-state index is -0.936. The van der Waals surface area contributed by atoms with Crippen LogP contribution in [0.3, 0.4) is 0 Å². The molecule has 152 valence electrons. The molecule has 0 saturated heterocycles. The Bertz CT molecular complexity index is 1150. The number of thiophene rings is 1. The summed E-state index contributed by atoms with van der Waals surface area (Å²) in [6, 6.07) is 10.6. The largest absolute Gasteiger partial charge is 0.478 e. The molecule has 2 aromatic heterocycles. The highest BCUT2D eigenvalue weighted by molar-refractivity contribution is 7.98. The zero-order valence-corrected chi connectivity index (χ0v) is 17.5. The molecule has 1 aliphatic carbocycles. The van der Waals surface area contributed by atoms with E-state index >= 15 is 0 Å². The van der Waals surface area contributed by atoms with Gasteiger partial charge < -0.3 is 10.4 Å². The van der Waals surface area contributed by atoms with E-state index < -0.39 is 5.97 Å². The van der Waals surface area contributed by atoms with Gasteiger partial charge in [-0.25, -0.2) is 9.48 Å². The number of carboxylic acid groups (broad SMARTS) is 1. The van der Waals surface area contributed by atoms with Gasteiger partial charge >= 0.3 is 5.97 Å². The molecule has 1 aromatic carbocycles. The van der Waals surface area contributed by atoms with Crippen LogP contribution in [0.4, 0.5) is 5.95 Å². The first-order valence-electron chi connectivity index (χ1n) is 9.58. The Balaban J connectivity index is 1.42. The summed E-state index contributed by atoms with van der Waals surface area (Å²) in [5, 5.41) is 19.7. The van der Waals surface area contributed by atoms with Crippen LogP contribution in [0.25, 0.3) is 0 Å². The molecule has 9 heteroatoms. The molecule has 0 unspecified atom stereocenters. The third kappa shape index (κ3) is 3.44. The van der Waals surface area contributed by atoms with Crippen molar-refractivity contribution in [2.24, 2.45) is 0 Å². The van der Waals surface area contributed by atoms with Crippen LogP contribution in [0.1, 0.15) is 46.1 Å². The fraction of sp³-hybridized carbons (Fsp3) is 0.238. The number of thioether (sulfide) groups is 1. The van der Waals surface area contributed by atoms with Crippen LogP contribution in [0.2, 0.25) is 0 Å². The van der Waals surface area contributed by atoms with Gasteiger partial charge in [-0.2, -0.15) is 4.98 Å². The molecule has 1 aliphatic heterocycles. The third-order valence-corrected chi connectivity index (χ3v) is 7.06. The van der Waals surface area contributed by atoms with Gasteiger partial charge in [-0.3, -0.25) is 4.79 Å². The van der Waals surface area contributed by atoms with Crippen LogP contribution < -0.4 is 5.32 Å². The number of carboxylic acids is 1. The predicted molar refractivity (Wildman–Crippen MR) is 115 cm³/mol. The van der Waals surface area contributed by atoms with Gasteiger partial charge in [0.2, 0.25) is 11.1 Å². The van der Waals surface area contributed by atoms with Gasteiger partial charge in [-0.05, 0) is 42.0 Å². The smallest absolute Gasteiger partial charge is 0.335 e. The number of fused-ring (bicyclic) bond motifs is 1. The number of aromatic nitrogens is 3. The van der Waals surface area contributed by atoms with Crippen molar-refractivity contribution in [2.75, 3.05) is 5.32 Å². The highest BCUT2D eigenvalue weighted by Crippen LogP contribution is 2.41. The van der Waals surface area contributed by atoms with Gasteiger partial charge in [0.15, 0.2) is 5.78 Å². The van der Waals surface area contributed by atoms with Crippen molar-refractivity contribution in [3.63, 3.8) is 0 Å². The summed E-state index contributed by atoms with van der Waals surface area (Å²) in [6.07, 6.45) is 2.26. The topological polar surface area (TPSA) is 97.1 Å². The molecule has 0 bridgehead atoms. The van der Waals surface area contributed by atoms with Crippen molar-refractivity contribution < 1.29 is 14.7 Å². The normalized spacial score (nSPS) is 18.0. The minimum absolute atomic E-state index is 0.177. The molecule has 3 aromatic rings. The quantitative estimate of drug-likeness (QED) is 0.572. The maximum atomic E-state index is 12.7. The van der Waals surface area contributed by atoms with E-state index in [2.05, 4.69) is 10.3 Å². The maximum absolute atomic E-state index is 12.7. The van der Waals surface area contributed by atoms with Crippen LogP contribution in [-0.2, 0) is 10.5 Å². The van der Waals surface area contributed by atoms with E-state index in [1.165, 1.54) is 11.8 Å². The van der Waals surface area contributed by atoms with Crippen molar-refractivity contribution in [1.82, 2.24) is 14.8 Å². The number of carbonyl (C=O) groups excluding carboxylic acids is 1. The molecule has 0 saturated carbocycles. The average molecular weight is 439 g/mol. The van der Waals surface area contributed by atoms with Crippen LogP contribution in [0, 0.1) is 0 Å². The monoisotopic (exact) mass is 438 g/mol. The second-order valence-electron chi connectivity index (χ2n) is 7.17. The zero-order valence-electron chi connectivity index (χ0n) is 15.9. The summed E-state index contributed by atoms with van der Waals surface area (Å²) in [7, 11) is 0. The highest BCUT2D eigenvalue weighted by Gasteiger charge is 2.37. The Morgan fingerprint density at radius 2 is 2.10 bits per heavy atom. The number of rotatable bonds is 5. The van der Waals surface area contributed by atoms with E-state index in [0.29, 0.717) is 23.3 Å². The van der Waals surface area contributed by atoms with Gasteiger partial charge in [0, 0.05) is 28.3 Å². The summed E-state index contributed by atoms with van der Waals surface area (Å²) in [4.78, 5) is 29.5. The molecule has 1 atom stereocenters. The molecular formula is C21H18N4O3S2. The number of nitrogens with one attached hydrogen (secondary N) is 1. The number of hydrogen-bond acceptors (Lipinski definition) is 7. The molecule has 0 spiro atoms. The number of aromatic carboxylic acids is 1. The fourth-order valence-electron chi connectivity index (χ4n) is 3.80. The summed E-state index contributed by atoms with van der Waals surface area (Å²) >= 11 is 3.10. The molecule has 0 amide bonds. The van der Waals surface area contributed by atoms with Crippen molar-refractivity contribution in [3.8, 4) is 0 Å². The molecule has 5 rings (SSSR count). The first kappa shape index (κ1) is 19.1. The molecular weight excluding hydrogens is 420 g/mol. The first-order valence-corrected chi connectivity index (χ1v) is 11.4. The lowest BCUT2D eigenvalue weighted by Gasteiger charge is -2.31. The Kier molecular flexibility index (Phi) is 4.92. The second kappa shape index (κ2) is 7.73. The Labute approximate surface area is 180 Å². The van der Waals surface area contributed by atoms with Gasteiger partial charge in [0.25, 0.3) is 0 Å². The van der Waals surface area contributed by atoms with E-state index in [9.17, 15) is 9.59 Å². The summed E-state index contributed by atoms with van der Waals surface area (Å²) < 4.78 is 1.82. The number of Topliss-reactive ketones (excluding diaryl/α,β-unsaturated/α-hetero) is 1. The number of hydrogen-bond donors (Lipinski definition) is 2. The van der Waals surface area contributed by atoms with Crippen LogP contribution in [0.15, 0.2) is 58.2 Å². The minimum Gasteiger partial charge on any atom is -0.478 e. The lowest BCUT2D eigenvalue weighted by atomic mass is 9.88. The Morgan fingerprint density at radius 3 is 2.83 bits per heavy atom. The summed E-state index contributed by atoms with van der Waals surface area (Å²) in [6.45, 7) is 0. The Morgan fingerprint density at radius 1 is 1.27 bits per heavy atom. The van der Waals surface area contributed by atoms with E-state index in [0.717, 1.165) is 34.6 Å². The van der Waals surface area contributed by atoms with E-state index in [1.807, 2.05) is 22.2 Å². The van der Waals surface area contributed by atoms with E-state index in [4.69, 9.17) is 10.2 Å². The van der Waals surface area contributed by atoms with Crippen molar-refractivity contribution in [1.29, 1.82) is 0 Å². The molecule has 7 nitrogen and oxygen atoms in total. The van der Waals surface area contributed by atoms with E-state index in [1.54, 1.807) is 35.6 Å². The van der Waals surface area contributed by atoms with Crippen molar-refractivity contribution in [3.05, 3.63) is 69.1 Å². The van der Waals surface area contributed by atoms with Crippen LogP contribution in [0.5, 0.6) is 0 Å². The fourth-order valence-corrected chi connectivity index (χ4v) is 5.40. The van der Waals surface area contributed by atoms with Gasteiger partial charge in [0.05, 0.1) is 5.56 Å². The van der Waals surface area contributed by atoms with Crippen molar-refractivity contribution in [2.45, 2.75) is 36.2 Å². The third-order valence-electron chi connectivity index (χ3n) is 5.23. The lowest BCUT2D eigenvalue weighted by molar-refractivity contribution is -0.116. The lowest BCUT2D eigenvalue weighted by Crippen LogP contribution is -2.31. The van der Waals surface area contributed by atoms with E-state index in [-0.39, 0.29) is 17.4 Å². The molecule has 2 aliphatic rings. The predicted octanol–water partition coefficient (Wildman–Crippen LogP) is 4.35. The van der Waals surface area contributed by atoms with Crippen LogP contribution >= 0.6 is 23.1 Å². The molecule has 3 heterocycles. The van der Waals surface area contributed by atoms with Crippen molar-refractivity contribution >= 4 is 40.8 Å². The Hall–Kier alpha value is -2.91.